The number of piperidine rings is 1. The first-order valence-corrected chi connectivity index (χ1v) is 7.42. The van der Waals surface area contributed by atoms with E-state index in [1.165, 1.54) is 4.90 Å². The predicted octanol–water partition coefficient (Wildman–Crippen LogP) is 2.32. The molecule has 3 heterocycles. The van der Waals surface area contributed by atoms with Crippen molar-refractivity contribution in [1.29, 1.82) is 0 Å². The molecular weight excluding hydrogens is 302 g/mol. The fraction of sp³-hybridized carbons (Fsp3) is 0.400. The van der Waals surface area contributed by atoms with Crippen molar-refractivity contribution < 1.29 is 23.9 Å². The van der Waals surface area contributed by atoms with Crippen molar-refractivity contribution in [1.82, 2.24) is 15.0 Å². The summed E-state index contributed by atoms with van der Waals surface area (Å²) < 4.78 is 16.0. The van der Waals surface area contributed by atoms with Crippen LogP contribution in [0, 0.1) is 0 Å². The number of nitrogens with zero attached hydrogens (tertiary/aromatic N) is 3. The van der Waals surface area contributed by atoms with E-state index in [1.54, 1.807) is 0 Å². The number of hydrogen-bond donors (Lipinski definition) is 1. The Labute approximate surface area is 131 Å². The van der Waals surface area contributed by atoms with Crippen LogP contribution in [0.4, 0.5) is 4.79 Å². The van der Waals surface area contributed by atoms with Crippen molar-refractivity contribution in [2.75, 3.05) is 19.9 Å². The minimum atomic E-state index is -0.880. The van der Waals surface area contributed by atoms with Gasteiger partial charge in [-0.2, -0.15) is 4.98 Å². The van der Waals surface area contributed by atoms with Crippen LogP contribution in [0.15, 0.2) is 22.7 Å². The van der Waals surface area contributed by atoms with Gasteiger partial charge >= 0.3 is 6.09 Å². The molecule has 1 saturated heterocycles. The highest BCUT2D eigenvalue weighted by atomic mass is 16.7. The molecule has 0 bridgehead atoms. The summed E-state index contributed by atoms with van der Waals surface area (Å²) in [5.74, 6) is 2.53. The normalized spacial score (nSPS) is 17.5. The van der Waals surface area contributed by atoms with Gasteiger partial charge in [-0.3, -0.25) is 0 Å². The van der Waals surface area contributed by atoms with Crippen LogP contribution in [0.1, 0.15) is 24.7 Å². The molecule has 8 heteroatoms. The smallest absolute Gasteiger partial charge is 0.407 e. The number of carboxylic acid groups (broad SMARTS) is 1. The number of ether oxygens (including phenoxy) is 2. The Morgan fingerprint density at radius 3 is 2.78 bits per heavy atom. The van der Waals surface area contributed by atoms with Crippen molar-refractivity contribution in [3.05, 3.63) is 24.1 Å². The number of amides is 1. The lowest BCUT2D eigenvalue weighted by Gasteiger charge is -2.27. The Bertz CT molecular complexity index is 736. The van der Waals surface area contributed by atoms with Crippen LogP contribution in [0.3, 0.4) is 0 Å². The number of carbonyl (C=O) groups is 1. The van der Waals surface area contributed by atoms with E-state index in [0.717, 1.165) is 5.56 Å². The molecule has 23 heavy (non-hydrogen) atoms. The lowest BCUT2D eigenvalue weighted by molar-refractivity contribution is 0.128. The molecular formula is C15H15N3O5. The van der Waals surface area contributed by atoms with Crippen LogP contribution >= 0.6 is 0 Å². The van der Waals surface area contributed by atoms with Crippen LogP contribution in [0.25, 0.3) is 11.4 Å². The molecule has 1 amide bonds. The van der Waals surface area contributed by atoms with Gasteiger partial charge < -0.3 is 24.0 Å². The summed E-state index contributed by atoms with van der Waals surface area (Å²) >= 11 is 0. The Morgan fingerprint density at radius 1 is 1.22 bits per heavy atom. The zero-order chi connectivity index (χ0) is 15.8. The minimum Gasteiger partial charge on any atom is -0.465 e. The van der Waals surface area contributed by atoms with Gasteiger partial charge in [0.05, 0.1) is 0 Å². The summed E-state index contributed by atoms with van der Waals surface area (Å²) in [6, 6.07) is 5.50. The lowest BCUT2D eigenvalue weighted by Crippen LogP contribution is -2.36. The van der Waals surface area contributed by atoms with Crippen LogP contribution in [-0.4, -0.2) is 46.1 Å². The van der Waals surface area contributed by atoms with Crippen molar-refractivity contribution in [2.45, 2.75) is 18.8 Å². The third-order valence-corrected chi connectivity index (χ3v) is 4.19. The van der Waals surface area contributed by atoms with Gasteiger partial charge in [0.15, 0.2) is 11.5 Å². The fourth-order valence-electron chi connectivity index (χ4n) is 2.87. The van der Waals surface area contributed by atoms with Crippen LogP contribution in [-0.2, 0) is 0 Å². The first-order valence-electron chi connectivity index (χ1n) is 7.42. The third kappa shape index (κ3) is 2.56. The summed E-state index contributed by atoms with van der Waals surface area (Å²) in [6.07, 6.45) is 0.500. The summed E-state index contributed by atoms with van der Waals surface area (Å²) in [6.45, 7) is 1.20. The third-order valence-electron chi connectivity index (χ3n) is 4.19. The number of rotatable bonds is 2. The molecule has 2 aliphatic heterocycles. The summed E-state index contributed by atoms with van der Waals surface area (Å²) in [7, 11) is 0. The van der Waals surface area contributed by atoms with Gasteiger partial charge in [0, 0.05) is 24.6 Å². The molecule has 0 spiro atoms. The van der Waals surface area contributed by atoms with Crippen molar-refractivity contribution >= 4 is 6.09 Å². The van der Waals surface area contributed by atoms with Crippen molar-refractivity contribution in [2.24, 2.45) is 0 Å². The minimum absolute atomic E-state index is 0.0980. The number of fused-ring (bicyclic) bond motifs is 1. The monoisotopic (exact) mass is 317 g/mol. The molecule has 1 fully saturated rings. The van der Waals surface area contributed by atoms with Crippen LogP contribution in [0.2, 0.25) is 0 Å². The molecule has 1 aromatic carbocycles. The van der Waals surface area contributed by atoms with E-state index >= 15 is 0 Å². The molecule has 0 unspecified atom stereocenters. The maximum atomic E-state index is 10.9. The molecule has 4 rings (SSSR count). The highest BCUT2D eigenvalue weighted by Gasteiger charge is 2.27. The highest BCUT2D eigenvalue weighted by Crippen LogP contribution is 2.36. The number of aromatic nitrogens is 2. The maximum absolute atomic E-state index is 10.9. The second-order valence-corrected chi connectivity index (χ2v) is 5.57. The molecule has 2 aromatic rings. The summed E-state index contributed by atoms with van der Waals surface area (Å²) in [4.78, 5) is 16.8. The molecule has 1 aromatic heterocycles. The highest BCUT2D eigenvalue weighted by molar-refractivity contribution is 5.65. The van der Waals surface area contributed by atoms with Gasteiger partial charge in [0.1, 0.15) is 0 Å². The van der Waals surface area contributed by atoms with E-state index in [4.69, 9.17) is 19.1 Å². The fourth-order valence-corrected chi connectivity index (χ4v) is 2.87. The van der Waals surface area contributed by atoms with Gasteiger partial charge in [-0.05, 0) is 31.0 Å². The quantitative estimate of drug-likeness (QED) is 0.907. The maximum Gasteiger partial charge on any atom is 0.407 e. The largest absolute Gasteiger partial charge is 0.465 e. The molecule has 1 N–H and O–H groups in total. The zero-order valence-electron chi connectivity index (χ0n) is 12.3. The predicted molar refractivity (Wildman–Crippen MR) is 77.4 cm³/mol. The molecule has 0 saturated carbocycles. The van der Waals surface area contributed by atoms with Gasteiger partial charge in [0.2, 0.25) is 18.5 Å². The van der Waals surface area contributed by atoms with E-state index in [0.29, 0.717) is 49.1 Å². The number of likely N-dealkylation sites (tertiary alicyclic amines) is 1. The van der Waals surface area contributed by atoms with Gasteiger partial charge in [-0.1, -0.05) is 5.16 Å². The standard InChI is InChI=1S/C15H15N3O5/c19-15(20)18-5-3-9(4-6-18)14-16-13(17-23-14)10-1-2-11-12(7-10)22-8-21-11/h1-2,7,9H,3-6,8H2,(H,19,20). The molecule has 120 valence electrons. The number of benzene rings is 1. The molecule has 8 nitrogen and oxygen atoms in total. The van der Waals surface area contributed by atoms with Crippen LogP contribution < -0.4 is 9.47 Å². The first kappa shape index (κ1) is 13.9. The van der Waals surface area contributed by atoms with Crippen molar-refractivity contribution in [3.63, 3.8) is 0 Å². The molecule has 0 atom stereocenters. The van der Waals surface area contributed by atoms with Gasteiger partial charge in [-0.15, -0.1) is 0 Å². The SMILES string of the molecule is O=C(O)N1CCC(c2nc(-c3ccc4c(c3)OCO4)no2)CC1. The van der Waals surface area contributed by atoms with Crippen molar-refractivity contribution in [3.8, 4) is 22.9 Å². The zero-order valence-corrected chi connectivity index (χ0v) is 12.3. The molecule has 2 aliphatic rings. The van der Waals surface area contributed by atoms with E-state index in [2.05, 4.69) is 10.1 Å². The summed E-state index contributed by atoms with van der Waals surface area (Å²) in [5.41, 5.74) is 0.798. The first-order chi connectivity index (χ1) is 11.2. The van der Waals surface area contributed by atoms with E-state index in [-0.39, 0.29) is 12.7 Å². The lowest BCUT2D eigenvalue weighted by atomic mass is 9.97. The van der Waals surface area contributed by atoms with Gasteiger partial charge in [0.25, 0.3) is 0 Å². The Balaban J connectivity index is 1.50. The van der Waals surface area contributed by atoms with E-state index in [1.807, 2.05) is 18.2 Å². The molecule has 0 aliphatic carbocycles. The van der Waals surface area contributed by atoms with Gasteiger partial charge in [-0.25, -0.2) is 4.79 Å². The van der Waals surface area contributed by atoms with Crippen LogP contribution in [0.5, 0.6) is 11.5 Å². The average Bonchev–Trinajstić information content (AvgIpc) is 3.23. The topological polar surface area (TPSA) is 97.9 Å². The van der Waals surface area contributed by atoms with E-state index in [9.17, 15) is 4.79 Å². The Kier molecular flexibility index (Phi) is 3.29. The van der Waals surface area contributed by atoms with E-state index < -0.39 is 6.09 Å². The second-order valence-electron chi connectivity index (χ2n) is 5.57. The second kappa shape index (κ2) is 5.45. The Morgan fingerprint density at radius 2 is 2.00 bits per heavy atom. The number of hydrogen-bond acceptors (Lipinski definition) is 6. The molecule has 0 radical (unpaired) electrons. The Hall–Kier alpha value is -2.77. The average molecular weight is 317 g/mol. The summed E-state index contributed by atoms with van der Waals surface area (Å²) in [5, 5.41) is 13.0.